The summed E-state index contributed by atoms with van der Waals surface area (Å²) < 4.78 is 5.62. The molecule has 3 nitrogen and oxygen atoms in total. The second kappa shape index (κ2) is 8.50. The van der Waals surface area contributed by atoms with Crippen LogP contribution in [-0.2, 0) is 4.74 Å². The largest absolute Gasteiger partial charge is 0.381 e. The fourth-order valence-corrected chi connectivity index (χ4v) is 4.81. The van der Waals surface area contributed by atoms with Gasteiger partial charge in [-0.25, -0.2) is 0 Å². The van der Waals surface area contributed by atoms with Crippen molar-refractivity contribution in [3.8, 4) is 0 Å². The van der Waals surface area contributed by atoms with Crippen molar-refractivity contribution in [3.63, 3.8) is 0 Å². The molecule has 1 saturated heterocycles. The molecule has 1 saturated carbocycles. The second-order valence-electron chi connectivity index (χ2n) is 6.86. The molecule has 2 fully saturated rings. The van der Waals surface area contributed by atoms with Crippen molar-refractivity contribution in [2.75, 3.05) is 32.8 Å². The molecule has 0 aromatic carbocycles. The van der Waals surface area contributed by atoms with Crippen molar-refractivity contribution < 1.29 is 4.74 Å². The van der Waals surface area contributed by atoms with Crippen LogP contribution in [0.2, 0.25) is 0 Å². The molecule has 0 spiro atoms. The highest BCUT2D eigenvalue weighted by atomic mass is 16.5. The Balaban J connectivity index is 2.20. The van der Waals surface area contributed by atoms with Crippen LogP contribution >= 0.6 is 0 Å². The number of hydrogen-bond acceptors (Lipinski definition) is 3. The first-order valence-electron chi connectivity index (χ1n) is 9.34. The predicted molar refractivity (Wildman–Crippen MR) is 89.7 cm³/mol. The number of nitrogens with zero attached hydrogens (tertiary/aromatic N) is 1. The van der Waals surface area contributed by atoms with Gasteiger partial charge in [0.2, 0.25) is 0 Å². The number of likely N-dealkylation sites (N-methyl/N-ethyl adjacent to an activating group) is 1. The third kappa shape index (κ3) is 3.80. The topological polar surface area (TPSA) is 24.5 Å². The molecule has 0 radical (unpaired) electrons. The molecule has 2 aliphatic rings. The monoisotopic (exact) mass is 296 g/mol. The lowest BCUT2D eigenvalue weighted by molar-refractivity contribution is -0.00430. The molecule has 1 N–H and O–H groups in total. The Morgan fingerprint density at radius 3 is 2.24 bits per heavy atom. The lowest BCUT2D eigenvalue weighted by Gasteiger charge is -2.50. The van der Waals surface area contributed by atoms with E-state index in [0.717, 1.165) is 25.7 Å². The molecule has 0 amide bonds. The number of nitrogens with one attached hydrogen (secondary N) is 1. The lowest BCUT2D eigenvalue weighted by atomic mass is 9.75. The summed E-state index contributed by atoms with van der Waals surface area (Å²) in [6.45, 7) is 12.4. The van der Waals surface area contributed by atoms with Crippen LogP contribution in [0.15, 0.2) is 0 Å². The maximum absolute atomic E-state index is 5.62. The Morgan fingerprint density at radius 2 is 1.71 bits per heavy atom. The highest BCUT2D eigenvalue weighted by molar-refractivity contribution is 5.06. The van der Waals surface area contributed by atoms with Gasteiger partial charge in [0, 0.05) is 24.8 Å². The van der Waals surface area contributed by atoms with Gasteiger partial charge >= 0.3 is 0 Å². The van der Waals surface area contributed by atoms with Gasteiger partial charge in [-0.2, -0.15) is 0 Å². The van der Waals surface area contributed by atoms with E-state index < -0.39 is 0 Å². The van der Waals surface area contributed by atoms with E-state index in [4.69, 9.17) is 4.74 Å². The lowest BCUT2D eigenvalue weighted by Crippen LogP contribution is -2.63. The van der Waals surface area contributed by atoms with E-state index in [1.54, 1.807) is 0 Å². The summed E-state index contributed by atoms with van der Waals surface area (Å²) in [6.07, 6.45) is 9.29. The Labute approximate surface area is 131 Å². The molecule has 1 atom stereocenters. The maximum Gasteiger partial charge on any atom is 0.0469 e. The minimum atomic E-state index is 0.403. The van der Waals surface area contributed by atoms with Crippen molar-refractivity contribution >= 4 is 0 Å². The molecule has 0 aromatic heterocycles. The summed E-state index contributed by atoms with van der Waals surface area (Å²) in [5.41, 5.74) is 0.403. The van der Waals surface area contributed by atoms with Crippen LogP contribution in [0.4, 0.5) is 0 Å². The Hall–Kier alpha value is -0.120. The summed E-state index contributed by atoms with van der Waals surface area (Å²) in [5, 5.41) is 3.97. The summed E-state index contributed by atoms with van der Waals surface area (Å²) in [5.74, 6) is 0.795. The molecule has 3 heteroatoms. The zero-order chi connectivity index (χ0) is 15.1. The molecule has 124 valence electrons. The SMILES string of the molecule is CCCNC(C1CCOCC1)C1(N(CC)CC)CCCC1. The van der Waals surface area contributed by atoms with Crippen LogP contribution in [0, 0.1) is 5.92 Å². The van der Waals surface area contributed by atoms with Gasteiger partial charge in [-0.15, -0.1) is 0 Å². The van der Waals surface area contributed by atoms with Crippen LogP contribution in [0.1, 0.15) is 65.7 Å². The van der Waals surface area contributed by atoms with Gasteiger partial charge in [-0.05, 0) is 57.7 Å². The molecular formula is C18H36N2O. The number of rotatable bonds is 8. The highest BCUT2D eigenvalue weighted by Gasteiger charge is 2.47. The van der Waals surface area contributed by atoms with Crippen molar-refractivity contribution in [1.82, 2.24) is 10.2 Å². The maximum atomic E-state index is 5.62. The highest BCUT2D eigenvalue weighted by Crippen LogP contribution is 2.42. The van der Waals surface area contributed by atoms with E-state index in [1.165, 1.54) is 58.0 Å². The molecule has 1 unspecified atom stereocenters. The molecule has 0 aromatic rings. The first-order chi connectivity index (χ1) is 10.3. The van der Waals surface area contributed by atoms with E-state index in [9.17, 15) is 0 Å². The summed E-state index contributed by atoms with van der Waals surface area (Å²) in [4.78, 5) is 2.77. The zero-order valence-electron chi connectivity index (χ0n) is 14.5. The molecule has 1 heterocycles. The molecule has 1 aliphatic heterocycles. The van der Waals surface area contributed by atoms with Crippen LogP contribution in [0.25, 0.3) is 0 Å². The zero-order valence-corrected chi connectivity index (χ0v) is 14.5. The average molecular weight is 296 g/mol. The van der Waals surface area contributed by atoms with Crippen LogP contribution in [-0.4, -0.2) is 49.3 Å². The average Bonchev–Trinajstić information content (AvgIpc) is 3.00. The van der Waals surface area contributed by atoms with Gasteiger partial charge < -0.3 is 10.1 Å². The minimum absolute atomic E-state index is 0.403. The normalized spacial score (nSPS) is 24.6. The Morgan fingerprint density at radius 1 is 1.10 bits per heavy atom. The smallest absolute Gasteiger partial charge is 0.0469 e. The van der Waals surface area contributed by atoms with Crippen LogP contribution < -0.4 is 5.32 Å². The third-order valence-electron chi connectivity index (χ3n) is 5.79. The fourth-order valence-electron chi connectivity index (χ4n) is 4.81. The van der Waals surface area contributed by atoms with E-state index in [1.807, 2.05) is 0 Å². The molecule has 21 heavy (non-hydrogen) atoms. The predicted octanol–water partition coefficient (Wildman–Crippen LogP) is 3.44. The van der Waals surface area contributed by atoms with E-state index in [0.29, 0.717) is 11.6 Å². The van der Waals surface area contributed by atoms with Crippen LogP contribution in [0.5, 0.6) is 0 Å². The molecular weight excluding hydrogens is 260 g/mol. The Bertz CT molecular complexity index is 279. The van der Waals surface area contributed by atoms with Crippen molar-refractivity contribution in [2.45, 2.75) is 77.3 Å². The molecule has 2 rings (SSSR count). The summed E-state index contributed by atoms with van der Waals surface area (Å²) >= 11 is 0. The van der Waals surface area contributed by atoms with Crippen molar-refractivity contribution in [2.24, 2.45) is 5.92 Å². The van der Waals surface area contributed by atoms with E-state index in [2.05, 4.69) is 31.0 Å². The van der Waals surface area contributed by atoms with Gasteiger partial charge in [0.25, 0.3) is 0 Å². The van der Waals surface area contributed by atoms with Gasteiger partial charge in [-0.3, -0.25) is 4.90 Å². The first kappa shape index (κ1) is 17.2. The van der Waals surface area contributed by atoms with Crippen molar-refractivity contribution in [3.05, 3.63) is 0 Å². The van der Waals surface area contributed by atoms with Crippen molar-refractivity contribution in [1.29, 1.82) is 0 Å². The molecule has 0 bridgehead atoms. The standard InChI is InChI=1S/C18H36N2O/c1-4-13-19-17(16-9-14-21-15-10-16)18(11-7-8-12-18)20(5-2)6-3/h16-17,19H,4-15H2,1-3H3. The number of ether oxygens (including phenoxy) is 1. The fraction of sp³-hybridized carbons (Fsp3) is 1.00. The quantitative estimate of drug-likeness (QED) is 0.742. The first-order valence-corrected chi connectivity index (χ1v) is 9.34. The van der Waals surface area contributed by atoms with E-state index in [-0.39, 0.29) is 0 Å². The minimum Gasteiger partial charge on any atom is -0.381 e. The third-order valence-corrected chi connectivity index (χ3v) is 5.79. The van der Waals surface area contributed by atoms with Gasteiger partial charge in [0.15, 0.2) is 0 Å². The summed E-state index contributed by atoms with van der Waals surface area (Å²) in [6, 6.07) is 0.656. The van der Waals surface area contributed by atoms with Gasteiger partial charge in [0.05, 0.1) is 0 Å². The van der Waals surface area contributed by atoms with Gasteiger partial charge in [-0.1, -0.05) is 33.6 Å². The van der Waals surface area contributed by atoms with Gasteiger partial charge in [0.1, 0.15) is 0 Å². The summed E-state index contributed by atoms with van der Waals surface area (Å²) in [7, 11) is 0. The van der Waals surface area contributed by atoms with E-state index >= 15 is 0 Å². The Kier molecular flexibility index (Phi) is 6.97. The second-order valence-corrected chi connectivity index (χ2v) is 6.86. The van der Waals surface area contributed by atoms with Crippen LogP contribution in [0.3, 0.4) is 0 Å². The molecule has 1 aliphatic carbocycles. The number of hydrogen-bond donors (Lipinski definition) is 1.